The smallest absolute Gasteiger partial charge is 0.240 e. The number of carbonyl (C=O) groups is 1. The molecule has 1 heterocycles. The molecule has 0 atom stereocenters. The van der Waals surface area contributed by atoms with Crippen molar-refractivity contribution in [3.05, 3.63) is 66.7 Å². The van der Waals surface area contributed by atoms with E-state index in [1.807, 2.05) is 42.5 Å². The normalized spacial score (nSPS) is 14.5. The first-order chi connectivity index (χ1) is 15.0. The van der Waals surface area contributed by atoms with Crippen molar-refractivity contribution >= 4 is 38.1 Å². The van der Waals surface area contributed by atoms with Crippen LogP contribution in [-0.4, -0.2) is 34.0 Å². The second-order valence-corrected chi connectivity index (χ2v) is 9.57. The molecule has 2 N–H and O–H groups in total. The Labute approximate surface area is 183 Å². The van der Waals surface area contributed by atoms with Crippen LogP contribution >= 0.6 is 0 Å². The van der Waals surface area contributed by atoms with Crippen molar-refractivity contribution in [2.45, 2.75) is 30.6 Å². The predicted octanol–water partition coefficient (Wildman–Crippen LogP) is 4.14. The predicted molar refractivity (Wildman–Crippen MR) is 125 cm³/mol. The number of anilines is 2. The van der Waals surface area contributed by atoms with E-state index in [4.69, 9.17) is 0 Å². The molecule has 0 aromatic heterocycles. The number of rotatable bonds is 7. The molecule has 0 unspecified atom stereocenters. The van der Waals surface area contributed by atoms with E-state index in [9.17, 15) is 13.2 Å². The minimum Gasteiger partial charge on any atom is -0.371 e. The summed E-state index contributed by atoms with van der Waals surface area (Å²) in [7, 11) is -3.68. The van der Waals surface area contributed by atoms with Crippen molar-refractivity contribution < 1.29 is 13.2 Å². The Balaban J connectivity index is 1.32. The number of piperidine rings is 1. The van der Waals surface area contributed by atoms with Gasteiger partial charge >= 0.3 is 0 Å². The molecule has 31 heavy (non-hydrogen) atoms. The standard InChI is InChI=1S/C24H27N3O3S/c28-24(26-21-9-6-10-22(18-21)27-15-4-1-5-16-27)13-14-25-31(29,30)23-12-11-19-7-2-3-8-20(19)17-23/h2-3,6-12,17-18,25H,1,4-5,13-16H2,(H,26,28). The first kappa shape index (κ1) is 21.3. The third-order valence-electron chi connectivity index (χ3n) is 5.53. The van der Waals surface area contributed by atoms with Gasteiger partial charge in [-0.2, -0.15) is 0 Å². The lowest BCUT2D eigenvalue weighted by atomic mass is 10.1. The van der Waals surface area contributed by atoms with Crippen LogP contribution < -0.4 is 14.9 Å². The molecule has 6 nitrogen and oxygen atoms in total. The third kappa shape index (κ3) is 5.42. The minimum atomic E-state index is -3.68. The lowest BCUT2D eigenvalue weighted by molar-refractivity contribution is -0.116. The summed E-state index contributed by atoms with van der Waals surface area (Å²) in [6.07, 6.45) is 3.70. The molecule has 3 aromatic carbocycles. The average Bonchev–Trinajstić information content (AvgIpc) is 2.79. The highest BCUT2D eigenvalue weighted by Gasteiger charge is 2.15. The van der Waals surface area contributed by atoms with E-state index in [-0.39, 0.29) is 23.8 Å². The molecule has 4 rings (SSSR count). The molecule has 1 saturated heterocycles. The van der Waals surface area contributed by atoms with Crippen LogP contribution in [0.4, 0.5) is 11.4 Å². The summed E-state index contributed by atoms with van der Waals surface area (Å²) < 4.78 is 27.7. The summed E-state index contributed by atoms with van der Waals surface area (Å²) in [5.74, 6) is -0.225. The zero-order chi connectivity index (χ0) is 21.7. The van der Waals surface area contributed by atoms with Gasteiger partial charge in [-0.3, -0.25) is 4.79 Å². The van der Waals surface area contributed by atoms with E-state index < -0.39 is 10.0 Å². The minimum absolute atomic E-state index is 0.0345. The molecule has 0 saturated carbocycles. The molecular weight excluding hydrogens is 410 g/mol. The van der Waals surface area contributed by atoms with Crippen molar-refractivity contribution in [2.75, 3.05) is 29.9 Å². The second kappa shape index (κ2) is 9.49. The lowest BCUT2D eigenvalue weighted by Crippen LogP contribution is -2.29. The third-order valence-corrected chi connectivity index (χ3v) is 6.99. The number of nitrogens with one attached hydrogen (secondary N) is 2. The first-order valence-corrected chi connectivity index (χ1v) is 12.1. The van der Waals surface area contributed by atoms with Gasteiger partial charge < -0.3 is 10.2 Å². The number of sulfonamides is 1. The number of hydrogen-bond acceptors (Lipinski definition) is 4. The lowest BCUT2D eigenvalue weighted by Gasteiger charge is -2.29. The molecule has 1 aliphatic rings. The van der Waals surface area contributed by atoms with E-state index >= 15 is 0 Å². The molecule has 3 aromatic rings. The van der Waals surface area contributed by atoms with Crippen LogP contribution in [0.15, 0.2) is 71.6 Å². The van der Waals surface area contributed by atoms with Crippen LogP contribution in [0.1, 0.15) is 25.7 Å². The quantitative estimate of drug-likeness (QED) is 0.582. The van der Waals surface area contributed by atoms with Gasteiger partial charge in [0, 0.05) is 37.4 Å². The molecular formula is C24H27N3O3S. The Morgan fingerprint density at radius 3 is 2.45 bits per heavy atom. The fraction of sp³-hybridized carbons (Fsp3) is 0.292. The number of hydrogen-bond donors (Lipinski definition) is 2. The molecule has 0 aliphatic carbocycles. The largest absolute Gasteiger partial charge is 0.371 e. The number of amides is 1. The van der Waals surface area contributed by atoms with Crippen LogP contribution in [0, 0.1) is 0 Å². The van der Waals surface area contributed by atoms with Crippen LogP contribution in [0.2, 0.25) is 0 Å². The number of carbonyl (C=O) groups excluding carboxylic acids is 1. The fourth-order valence-electron chi connectivity index (χ4n) is 3.87. The molecule has 0 spiro atoms. The van der Waals surface area contributed by atoms with Gasteiger partial charge in [0.2, 0.25) is 15.9 Å². The van der Waals surface area contributed by atoms with Crippen LogP contribution in [0.5, 0.6) is 0 Å². The number of fused-ring (bicyclic) bond motifs is 1. The van der Waals surface area contributed by atoms with Crippen LogP contribution in [0.3, 0.4) is 0 Å². The van der Waals surface area contributed by atoms with Gasteiger partial charge in [-0.05, 0) is 60.4 Å². The van der Waals surface area contributed by atoms with Crippen molar-refractivity contribution in [2.24, 2.45) is 0 Å². The molecule has 0 radical (unpaired) electrons. The van der Waals surface area contributed by atoms with Gasteiger partial charge in [0.15, 0.2) is 0 Å². The molecule has 0 bridgehead atoms. The highest BCUT2D eigenvalue weighted by molar-refractivity contribution is 7.89. The Hall–Kier alpha value is -2.90. The number of benzene rings is 3. The summed E-state index contributed by atoms with van der Waals surface area (Å²) in [6.45, 7) is 2.11. The van der Waals surface area contributed by atoms with Gasteiger partial charge in [0.05, 0.1) is 4.90 Å². The Bertz CT molecular complexity index is 1170. The second-order valence-electron chi connectivity index (χ2n) is 7.80. The van der Waals surface area contributed by atoms with Crippen LogP contribution in [0.25, 0.3) is 10.8 Å². The summed E-state index contributed by atoms with van der Waals surface area (Å²) in [4.78, 5) is 14.9. The van der Waals surface area contributed by atoms with E-state index in [1.54, 1.807) is 18.2 Å². The van der Waals surface area contributed by atoms with E-state index in [0.717, 1.165) is 35.2 Å². The Kier molecular flexibility index (Phi) is 6.53. The topological polar surface area (TPSA) is 78.5 Å². The summed E-state index contributed by atoms with van der Waals surface area (Å²) in [5, 5.41) is 4.71. The zero-order valence-electron chi connectivity index (χ0n) is 17.4. The van der Waals surface area contributed by atoms with Crippen molar-refractivity contribution in [1.82, 2.24) is 4.72 Å². The van der Waals surface area contributed by atoms with E-state index in [1.165, 1.54) is 19.3 Å². The maximum atomic E-state index is 12.6. The average molecular weight is 438 g/mol. The Morgan fingerprint density at radius 1 is 0.871 bits per heavy atom. The van der Waals surface area contributed by atoms with Crippen molar-refractivity contribution in [3.8, 4) is 0 Å². The van der Waals surface area contributed by atoms with Gasteiger partial charge in [-0.1, -0.05) is 36.4 Å². The van der Waals surface area contributed by atoms with Gasteiger partial charge in [-0.25, -0.2) is 13.1 Å². The molecule has 162 valence electrons. The highest BCUT2D eigenvalue weighted by atomic mass is 32.2. The molecule has 1 fully saturated rings. The molecule has 7 heteroatoms. The van der Waals surface area contributed by atoms with E-state index in [0.29, 0.717) is 0 Å². The van der Waals surface area contributed by atoms with Crippen LogP contribution in [-0.2, 0) is 14.8 Å². The molecule has 1 amide bonds. The summed E-state index contributed by atoms with van der Waals surface area (Å²) >= 11 is 0. The van der Waals surface area contributed by atoms with Gasteiger partial charge in [0.1, 0.15) is 0 Å². The van der Waals surface area contributed by atoms with Gasteiger partial charge in [0.25, 0.3) is 0 Å². The summed E-state index contributed by atoms with van der Waals surface area (Å²) in [5.41, 5.74) is 1.83. The SMILES string of the molecule is O=C(CCNS(=O)(=O)c1ccc2ccccc2c1)Nc1cccc(N2CCCCC2)c1. The van der Waals surface area contributed by atoms with Crippen molar-refractivity contribution in [3.63, 3.8) is 0 Å². The highest BCUT2D eigenvalue weighted by Crippen LogP contribution is 2.23. The van der Waals surface area contributed by atoms with E-state index in [2.05, 4.69) is 21.0 Å². The maximum Gasteiger partial charge on any atom is 0.240 e. The monoisotopic (exact) mass is 437 g/mol. The summed E-state index contributed by atoms with van der Waals surface area (Å²) in [6, 6.07) is 20.4. The molecule has 1 aliphatic heterocycles. The number of nitrogens with zero attached hydrogens (tertiary/aromatic N) is 1. The zero-order valence-corrected chi connectivity index (χ0v) is 18.2. The van der Waals surface area contributed by atoms with Crippen molar-refractivity contribution in [1.29, 1.82) is 0 Å². The maximum absolute atomic E-state index is 12.6. The fourth-order valence-corrected chi connectivity index (χ4v) is 4.94. The Morgan fingerprint density at radius 2 is 1.65 bits per heavy atom. The first-order valence-electron chi connectivity index (χ1n) is 10.6. The van der Waals surface area contributed by atoms with Gasteiger partial charge in [-0.15, -0.1) is 0 Å².